The van der Waals surface area contributed by atoms with Crippen LogP contribution in [0.1, 0.15) is 79.4 Å². The Morgan fingerprint density at radius 3 is 2.03 bits per heavy atom. The molecular formula is C29H38BBrN2O4. The lowest BCUT2D eigenvalue weighted by molar-refractivity contribution is -0.120. The van der Waals surface area contributed by atoms with E-state index in [2.05, 4.69) is 67.1 Å². The molecule has 0 bridgehead atoms. The van der Waals surface area contributed by atoms with Crippen LogP contribution < -0.4 is 15.7 Å². The van der Waals surface area contributed by atoms with Gasteiger partial charge >= 0.3 is 7.12 Å². The van der Waals surface area contributed by atoms with Crippen molar-refractivity contribution in [3.63, 3.8) is 0 Å². The van der Waals surface area contributed by atoms with Gasteiger partial charge in [0.1, 0.15) is 0 Å². The molecule has 0 saturated carbocycles. The van der Waals surface area contributed by atoms with Crippen LogP contribution in [-0.4, -0.2) is 37.2 Å². The number of amides is 2. The number of rotatable bonds is 1. The molecule has 1 fully saturated rings. The smallest absolute Gasteiger partial charge is 0.399 e. The molecule has 8 heteroatoms. The van der Waals surface area contributed by atoms with Crippen LogP contribution in [-0.2, 0) is 29.7 Å². The zero-order valence-corrected chi connectivity index (χ0v) is 25.0. The summed E-state index contributed by atoms with van der Waals surface area (Å²) in [7, 11) is 1.43. The SMILES string of the molecule is CC1(C)CC(=O)Nc2cc(Br)ccc21.CN1C(=O)CC(C)(C)c2ccc(B3OC(C)(C)C(C)(C)O3)cc21. The van der Waals surface area contributed by atoms with Gasteiger partial charge in [-0.3, -0.25) is 9.59 Å². The van der Waals surface area contributed by atoms with Crippen LogP contribution in [0.2, 0.25) is 0 Å². The highest BCUT2D eigenvalue weighted by Gasteiger charge is 2.52. The summed E-state index contributed by atoms with van der Waals surface area (Å²) in [5.41, 5.74) is 4.31. The number of benzene rings is 2. The van der Waals surface area contributed by atoms with E-state index in [1.807, 2.05) is 52.9 Å². The molecule has 6 nitrogen and oxygen atoms in total. The van der Waals surface area contributed by atoms with Crippen molar-refractivity contribution in [2.75, 3.05) is 17.3 Å². The molecule has 3 aliphatic rings. The minimum absolute atomic E-state index is 0.0572. The number of carbonyl (C=O) groups is 2. The molecule has 0 aliphatic carbocycles. The van der Waals surface area contributed by atoms with Crippen molar-refractivity contribution >= 4 is 51.7 Å². The second-order valence-electron chi connectivity index (χ2n) is 12.7. The van der Waals surface area contributed by atoms with Gasteiger partial charge in [0.2, 0.25) is 11.8 Å². The number of carbonyl (C=O) groups excluding carboxylic acids is 2. The molecule has 3 aliphatic heterocycles. The van der Waals surface area contributed by atoms with Crippen LogP contribution in [0, 0.1) is 0 Å². The van der Waals surface area contributed by atoms with E-state index in [-0.39, 0.29) is 33.8 Å². The highest BCUT2D eigenvalue weighted by atomic mass is 79.9. The van der Waals surface area contributed by atoms with Gasteiger partial charge in [0.15, 0.2) is 0 Å². The lowest BCUT2D eigenvalue weighted by Gasteiger charge is -2.37. The van der Waals surface area contributed by atoms with Crippen molar-refractivity contribution in [1.82, 2.24) is 0 Å². The Kier molecular flexibility index (Phi) is 6.96. The van der Waals surface area contributed by atoms with Gasteiger partial charge in [-0.15, -0.1) is 0 Å². The van der Waals surface area contributed by atoms with Crippen LogP contribution in [0.5, 0.6) is 0 Å². The molecule has 0 atom stereocenters. The first-order chi connectivity index (χ1) is 16.9. The zero-order valence-electron chi connectivity index (χ0n) is 23.4. The lowest BCUT2D eigenvalue weighted by atomic mass is 9.73. The van der Waals surface area contributed by atoms with Crippen molar-refractivity contribution in [3.8, 4) is 0 Å². The summed E-state index contributed by atoms with van der Waals surface area (Å²) in [5.74, 6) is 0.245. The minimum Gasteiger partial charge on any atom is -0.399 e. The third-order valence-corrected chi connectivity index (χ3v) is 8.69. The van der Waals surface area contributed by atoms with Crippen LogP contribution in [0.4, 0.5) is 11.4 Å². The first-order valence-corrected chi connectivity index (χ1v) is 13.6. The molecule has 0 aromatic heterocycles. The molecule has 1 N–H and O–H groups in total. The summed E-state index contributed by atoms with van der Waals surface area (Å²) in [6.45, 7) is 16.6. The predicted octanol–water partition coefficient (Wildman–Crippen LogP) is 5.70. The Hall–Kier alpha value is -2.16. The Morgan fingerprint density at radius 1 is 0.838 bits per heavy atom. The molecule has 5 rings (SSSR count). The normalized spacial score (nSPS) is 22.4. The molecule has 2 amide bonds. The highest BCUT2D eigenvalue weighted by Crippen LogP contribution is 2.41. The predicted molar refractivity (Wildman–Crippen MR) is 154 cm³/mol. The van der Waals surface area contributed by atoms with Crippen molar-refractivity contribution < 1.29 is 18.9 Å². The zero-order chi connectivity index (χ0) is 27.6. The van der Waals surface area contributed by atoms with E-state index in [0.717, 1.165) is 21.3 Å². The van der Waals surface area contributed by atoms with Gasteiger partial charge in [-0.25, -0.2) is 0 Å². The number of halogens is 1. The number of hydrogen-bond acceptors (Lipinski definition) is 4. The van der Waals surface area contributed by atoms with E-state index in [4.69, 9.17) is 9.31 Å². The fraction of sp³-hybridized carbons (Fsp3) is 0.517. The monoisotopic (exact) mass is 568 g/mol. The average Bonchev–Trinajstić information content (AvgIpc) is 2.98. The summed E-state index contributed by atoms with van der Waals surface area (Å²) in [4.78, 5) is 25.4. The van der Waals surface area contributed by atoms with Crippen molar-refractivity contribution in [2.45, 2.75) is 90.3 Å². The number of anilines is 2. The van der Waals surface area contributed by atoms with Crippen molar-refractivity contribution in [1.29, 1.82) is 0 Å². The number of fused-ring (bicyclic) bond motifs is 2. The molecule has 37 heavy (non-hydrogen) atoms. The Morgan fingerprint density at radius 2 is 1.41 bits per heavy atom. The first-order valence-electron chi connectivity index (χ1n) is 12.8. The van der Waals surface area contributed by atoms with Crippen molar-refractivity contribution in [3.05, 3.63) is 52.0 Å². The second-order valence-corrected chi connectivity index (χ2v) is 13.6. The van der Waals surface area contributed by atoms with Gasteiger partial charge in [-0.05, 0) is 62.5 Å². The van der Waals surface area contributed by atoms with Crippen LogP contribution in [0.25, 0.3) is 0 Å². The molecule has 0 unspecified atom stereocenters. The largest absolute Gasteiger partial charge is 0.494 e. The van der Waals surface area contributed by atoms with E-state index in [1.165, 1.54) is 11.1 Å². The Balaban J connectivity index is 0.000000195. The minimum atomic E-state index is -0.404. The van der Waals surface area contributed by atoms with E-state index in [1.54, 1.807) is 4.90 Å². The fourth-order valence-electron chi connectivity index (χ4n) is 5.15. The lowest BCUT2D eigenvalue weighted by Crippen LogP contribution is -2.42. The van der Waals surface area contributed by atoms with Crippen LogP contribution in [0.15, 0.2) is 40.9 Å². The van der Waals surface area contributed by atoms with E-state index in [9.17, 15) is 9.59 Å². The van der Waals surface area contributed by atoms with Gasteiger partial charge in [0, 0.05) is 46.6 Å². The van der Waals surface area contributed by atoms with Crippen molar-refractivity contribution in [2.24, 2.45) is 0 Å². The summed E-state index contributed by atoms with van der Waals surface area (Å²) >= 11 is 3.40. The first kappa shape index (κ1) is 27.9. The van der Waals surface area contributed by atoms with E-state index < -0.39 is 7.12 Å². The van der Waals surface area contributed by atoms with Gasteiger partial charge in [0.25, 0.3) is 0 Å². The summed E-state index contributed by atoms with van der Waals surface area (Å²) < 4.78 is 13.3. The standard InChI is InChI=1S/C18H26BNO3.C11H12BrNO/c1-16(2)11-15(21)20(7)14-10-12(8-9-13(14)16)19-22-17(3,4)18(5,6)23-19;1-11(2)6-10(14)13-9-5-7(12)3-4-8(9)11/h8-10H,11H2,1-7H3;3-5H,6H2,1-2H3,(H,13,14). The molecule has 0 radical (unpaired) electrons. The maximum Gasteiger partial charge on any atom is 0.494 e. The maximum atomic E-state index is 12.3. The fourth-order valence-corrected chi connectivity index (χ4v) is 5.51. The van der Waals surface area contributed by atoms with Crippen LogP contribution in [0.3, 0.4) is 0 Å². The molecule has 2 aromatic rings. The molecule has 2 aromatic carbocycles. The second kappa shape index (κ2) is 9.24. The molecular weight excluding hydrogens is 531 g/mol. The van der Waals surface area contributed by atoms with E-state index in [0.29, 0.717) is 12.8 Å². The summed E-state index contributed by atoms with van der Waals surface area (Å²) in [5, 5.41) is 2.89. The molecule has 1 saturated heterocycles. The average molecular weight is 569 g/mol. The summed E-state index contributed by atoms with van der Waals surface area (Å²) in [6, 6.07) is 12.2. The quantitative estimate of drug-likeness (QED) is 0.448. The molecule has 198 valence electrons. The Bertz CT molecular complexity index is 1240. The van der Waals surface area contributed by atoms with Crippen LogP contribution >= 0.6 is 15.9 Å². The Labute approximate surface area is 229 Å². The molecule has 0 spiro atoms. The third-order valence-electron chi connectivity index (χ3n) is 8.19. The third kappa shape index (κ3) is 5.25. The van der Waals surface area contributed by atoms with Gasteiger partial charge < -0.3 is 19.5 Å². The highest BCUT2D eigenvalue weighted by molar-refractivity contribution is 9.10. The summed E-state index contributed by atoms with van der Waals surface area (Å²) in [6.07, 6.45) is 1.09. The number of hydrogen-bond donors (Lipinski definition) is 1. The van der Waals surface area contributed by atoms with Gasteiger partial charge in [-0.2, -0.15) is 0 Å². The number of nitrogens with one attached hydrogen (secondary N) is 1. The van der Waals surface area contributed by atoms with E-state index >= 15 is 0 Å². The number of nitrogens with zero attached hydrogens (tertiary/aromatic N) is 1. The topological polar surface area (TPSA) is 67.9 Å². The van der Waals surface area contributed by atoms with Gasteiger partial charge in [0.05, 0.1) is 11.2 Å². The van der Waals surface area contributed by atoms with Gasteiger partial charge in [-0.1, -0.05) is 61.8 Å². The molecule has 3 heterocycles. The maximum absolute atomic E-state index is 12.3.